The predicted octanol–water partition coefficient (Wildman–Crippen LogP) is -0.208. The van der Waals surface area contributed by atoms with Crippen LogP contribution in [0.25, 0.3) is 0 Å². The van der Waals surface area contributed by atoms with Gasteiger partial charge in [0.1, 0.15) is 0 Å². The quantitative estimate of drug-likeness (QED) is 0.582. The standard InChI is InChI=1S/C8H18N2O/c1-10(6-7-11)5-4-8(9)2-3-8/h11H,2-7,9H2,1H3. The van der Waals surface area contributed by atoms with E-state index in [9.17, 15) is 0 Å². The second-order valence-corrected chi connectivity index (χ2v) is 3.64. The van der Waals surface area contributed by atoms with Crippen molar-refractivity contribution in [2.75, 3.05) is 26.7 Å². The summed E-state index contributed by atoms with van der Waals surface area (Å²) in [4.78, 5) is 2.12. The fourth-order valence-corrected chi connectivity index (χ4v) is 1.11. The lowest BCUT2D eigenvalue weighted by atomic mass is 10.2. The minimum atomic E-state index is 0.156. The number of nitrogens with zero attached hydrogens (tertiary/aromatic N) is 1. The summed E-state index contributed by atoms with van der Waals surface area (Å²) in [6.07, 6.45) is 3.43. The first-order chi connectivity index (χ1) is 5.16. The maximum absolute atomic E-state index is 8.61. The summed E-state index contributed by atoms with van der Waals surface area (Å²) in [6, 6.07) is 0. The van der Waals surface area contributed by atoms with Crippen molar-refractivity contribution in [2.24, 2.45) is 5.73 Å². The molecule has 0 heterocycles. The number of aliphatic hydroxyl groups is 1. The second kappa shape index (κ2) is 3.52. The van der Waals surface area contributed by atoms with E-state index >= 15 is 0 Å². The molecule has 66 valence electrons. The lowest BCUT2D eigenvalue weighted by Crippen LogP contribution is -2.30. The monoisotopic (exact) mass is 158 g/mol. The minimum absolute atomic E-state index is 0.156. The Morgan fingerprint density at radius 3 is 2.55 bits per heavy atom. The number of hydrogen-bond acceptors (Lipinski definition) is 3. The molecule has 1 saturated carbocycles. The van der Waals surface area contributed by atoms with Crippen LogP contribution in [0.2, 0.25) is 0 Å². The Hall–Kier alpha value is -0.120. The van der Waals surface area contributed by atoms with Crippen LogP contribution in [0.15, 0.2) is 0 Å². The van der Waals surface area contributed by atoms with Crippen LogP contribution in [-0.4, -0.2) is 42.3 Å². The third-order valence-corrected chi connectivity index (χ3v) is 2.37. The molecule has 0 unspecified atom stereocenters. The van der Waals surface area contributed by atoms with Gasteiger partial charge in [0.05, 0.1) is 6.61 Å². The molecule has 0 aromatic rings. The van der Waals surface area contributed by atoms with E-state index in [2.05, 4.69) is 4.90 Å². The van der Waals surface area contributed by atoms with Crippen LogP contribution in [0.5, 0.6) is 0 Å². The van der Waals surface area contributed by atoms with Gasteiger partial charge in [-0.15, -0.1) is 0 Å². The van der Waals surface area contributed by atoms with Crippen molar-refractivity contribution in [1.82, 2.24) is 4.90 Å². The molecule has 0 amide bonds. The minimum Gasteiger partial charge on any atom is -0.395 e. The number of likely N-dealkylation sites (N-methyl/N-ethyl adjacent to an activating group) is 1. The molecule has 0 aliphatic heterocycles. The van der Waals surface area contributed by atoms with Crippen LogP contribution in [0.3, 0.4) is 0 Å². The summed E-state index contributed by atoms with van der Waals surface area (Å²) >= 11 is 0. The van der Waals surface area contributed by atoms with Crippen molar-refractivity contribution < 1.29 is 5.11 Å². The van der Waals surface area contributed by atoms with Gasteiger partial charge in [-0.1, -0.05) is 0 Å². The SMILES string of the molecule is CN(CCO)CCC1(N)CC1. The molecule has 0 bridgehead atoms. The van der Waals surface area contributed by atoms with Gasteiger partial charge in [0.2, 0.25) is 0 Å². The van der Waals surface area contributed by atoms with Gasteiger partial charge in [-0.25, -0.2) is 0 Å². The van der Waals surface area contributed by atoms with Crippen LogP contribution in [-0.2, 0) is 0 Å². The first-order valence-corrected chi connectivity index (χ1v) is 4.25. The molecule has 3 N–H and O–H groups in total. The lowest BCUT2D eigenvalue weighted by Gasteiger charge is -2.17. The van der Waals surface area contributed by atoms with Gasteiger partial charge in [-0.2, -0.15) is 0 Å². The lowest BCUT2D eigenvalue weighted by molar-refractivity contribution is 0.216. The predicted molar refractivity (Wildman–Crippen MR) is 45.4 cm³/mol. The summed E-state index contributed by atoms with van der Waals surface area (Å²) < 4.78 is 0. The van der Waals surface area contributed by atoms with Gasteiger partial charge in [0, 0.05) is 12.1 Å². The molecule has 1 fully saturated rings. The highest BCUT2D eigenvalue weighted by Crippen LogP contribution is 2.35. The second-order valence-electron chi connectivity index (χ2n) is 3.64. The van der Waals surface area contributed by atoms with Crippen molar-refractivity contribution in [2.45, 2.75) is 24.8 Å². The van der Waals surface area contributed by atoms with Gasteiger partial charge in [-0.05, 0) is 32.9 Å². The summed E-state index contributed by atoms with van der Waals surface area (Å²) in [7, 11) is 2.02. The van der Waals surface area contributed by atoms with E-state index in [4.69, 9.17) is 10.8 Å². The smallest absolute Gasteiger partial charge is 0.0558 e. The van der Waals surface area contributed by atoms with Crippen molar-refractivity contribution in [1.29, 1.82) is 0 Å². The Kier molecular flexibility index (Phi) is 2.87. The maximum Gasteiger partial charge on any atom is 0.0558 e. The topological polar surface area (TPSA) is 49.5 Å². The Balaban J connectivity index is 2.01. The molecule has 1 aliphatic carbocycles. The highest BCUT2D eigenvalue weighted by molar-refractivity contribution is 4.98. The average molecular weight is 158 g/mol. The third-order valence-electron chi connectivity index (χ3n) is 2.37. The molecule has 0 radical (unpaired) electrons. The first kappa shape index (κ1) is 8.97. The maximum atomic E-state index is 8.61. The van der Waals surface area contributed by atoms with Crippen molar-refractivity contribution in [3.05, 3.63) is 0 Å². The molecule has 0 aromatic heterocycles. The zero-order valence-corrected chi connectivity index (χ0v) is 7.21. The Morgan fingerprint density at radius 1 is 1.45 bits per heavy atom. The van der Waals surface area contributed by atoms with E-state index in [0.717, 1.165) is 19.5 Å². The molecule has 1 aliphatic rings. The molecule has 0 aromatic carbocycles. The average Bonchev–Trinajstić information content (AvgIpc) is 2.66. The van der Waals surface area contributed by atoms with E-state index in [-0.39, 0.29) is 12.1 Å². The van der Waals surface area contributed by atoms with Gasteiger partial charge < -0.3 is 15.7 Å². The number of aliphatic hydroxyl groups excluding tert-OH is 1. The molecule has 0 atom stereocenters. The molecular weight excluding hydrogens is 140 g/mol. The van der Waals surface area contributed by atoms with Crippen molar-refractivity contribution in [3.63, 3.8) is 0 Å². The summed E-state index contributed by atoms with van der Waals surface area (Å²) in [5, 5.41) is 8.61. The fourth-order valence-electron chi connectivity index (χ4n) is 1.11. The van der Waals surface area contributed by atoms with Crippen molar-refractivity contribution in [3.8, 4) is 0 Å². The summed E-state index contributed by atoms with van der Waals surface area (Å²) in [6.45, 7) is 2.02. The van der Waals surface area contributed by atoms with Crippen molar-refractivity contribution >= 4 is 0 Å². The van der Waals surface area contributed by atoms with Crippen LogP contribution >= 0.6 is 0 Å². The Morgan fingerprint density at radius 2 is 2.09 bits per heavy atom. The molecule has 3 heteroatoms. The fraction of sp³-hybridized carbons (Fsp3) is 1.00. The van der Waals surface area contributed by atoms with Gasteiger partial charge in [-0.3, -0.25) is 0 Å². The normalized spacial score (nSPS) is 20.7. The molecule has 1 rings (SSSR count). The van der Waals surface area contributed by atoms with E-state index in [1.165, 1.54) is 12.8 Å². The van der Waals surface area contributed by atoms with Gasteiger partial charge in [0.15, 0.2) is 0 Å². The summed E-state index contributed by atoms with van der Waals surface area (Å²) in [5.41, 5.74) is 6.06. The van der Waals surface area contributed by atoms with Crippen LogP contribution in [0, 0.1) is 0 Å². The highest BCUT2D eigenvalue weighted by atomic mass is 16.3. The zero-order chi connectivity index (χ0) is 8.32. The highest BCUT2D eigenvalue weighted by Gasteiger charge is 2.37. The number of nitrogens with two attached hydrogens (primary N) is 1. The van der Waals surface area contributed by atoms with E-state index in [0.29, 0.717) is 0 Å². The van der Waals surface area contributed by atoms with E-state index in [1.54, 1.807) is 0 Å². The van der Waals surface area contributed by atoms with Crippen LogP contribution in [0.1, 0.15) is 19.3 Å². The van der Waals surface area contributed by atoms with E-state index < -0.39 is 0 Å². The molecular formula is C8H18N2O. The van der Waals surface area contributed by atoms with Gasteiger partial charge >= 0.3 is 0 Å². The van der Waals surface area contributed by atoms with E-state index in [1.807, 2.05) is 7.05 Å². The Bertz CT molecular complexity index is 123. The molecule has 0 saturated heterocycles. The zero-order valence-electron chi connectivity index (χ0n) is 7.21. The molecule has 11 heavy (non-hydrogen) atoms. The van der Waals surface area contributed by atoms with Crippen LogP contribution < -0.4 is 5.73 Å². The largest absolute Gasteiger partial charge is 0.395 e. The van der Waals surface area contributed by atoms with Crippen LogP contribution in [0.4, 0.5) is 0 Å². The number of rotatable bonds is 5. The molecule has 3 nitrogen and oxygen atoms in total. The Labute approximate surface area is 68.2 Å². The van der Waals surface area contributed by atoms with Gasteiger partial charge in [0.25, 0.3) is 0 Å². The first-order valence-electron chi connectivity index (χ1n) is 4.25. The summed E-state index contributed by atoms with van der Waals surface area (Å²) in [5.74, 6) is 0. The number of hydrogen-bond donors (Lipinski definition) is 2. The molecule has 0 spiro atoms. The third kappa shape index (κ3) is 3.18.